The number of anilines is 2. The van der Waals surface area contributed by atoms with Gasteiger partial charge >= 0.3 is 12.4 Å². The average molecular weight is 1050 g/mol. The van der Waals surface area contributed by atoms with Crippen LogP contribution in [-0.4, -0.2) is 85.2 Å². The summed E-state index contributed by atoms with van der Waals surface area (Å²) in [5.41, 5.74) is -1.55. The van der Waals surface area contributed by atoms with Crippen molar-refractivity contribution in [2.75, 3.05) is 23.7 Å². The monoisotopic (exact) mass is 1050 g/mol. The Labute approximate surface area is 434 Å². The summed E-state index contributed by atoms with van der Waals surface area (Å²) >= 11 is 0. The van der Waals surface area contributed by atoms with Gasteiger partial charge in [0.05, 0.1) is 23.5 Å². The minimum Gasteiger partial charge on any atom is -0.328 e. The number of benzene rings is 2. The van der Waals surface area contributed by atoms with Crippen LogP contribution in [0.15, 0.2) is 129 Å². The number of rotatable bonds is 10. The summed E-state index contributed by atoms with van der Waals surface area (Å²) in [6, 6.07) is 18.6. The summed E-state index contributed by atoms with van der Waals surface area (Å²) in [5, 5.41) is 5.45. The first-order chi connectivity index (χ1) is 37.0. The molecule has 4 amide bonds. The fraction of sp³-hybridized carbons (Fsp3) is 0.236. The summed E-state index contributed by atoms with van der Waals surface area (Å²) in [4.78, 5) is 81.9. The highest BCUT2D eigenvalue weighted by Gasteiger charge is 2.42. The molecule has 10 rings (SSSR count). The largest absolute Gasteiger partial charge is 0.435 e. The van der Waals surface area contributed by atoms with E-state index < -0.39 is 59.5 Å². The van der Waals surface area contributed by atoms with Crippen LogP contribution in [0.3, 0.4) is 0 Å². The molecule has 8 heterocycles. The Hall–Kier alpha value is -9.26. The number of piperidine rings is 2. The van der Waals surface area contributed by atoms with Crippen molar-refractivity contribution in [3.05, 3.63) is 168 Å². The van der Waals surface area contributed by atoms with E-state index in [1.807, 2.05) is 0 Å². The molecule has 6 aromatic heterocycles. The summed E-state index contributed by atoms with van der Waals surface area (Å²) in [5.74, 6) is 3.58. The van der Waals surface area contributed by atoms with Crippen molar-refractivity contribution in [3.8, 4) is 34.4 Å². The zero-order valence-electron chi connectivity index (χ0n) is 40.8. The number of fused-ring (bicyclic) bond motifs is 2. The molecule has 0 aliphatic carbocycles. The van der Waals surface area contributed by atoms with Crippen molar-refractivity contribution in [3.63, 3.8) is 0 Å². The smallest absolute Gasteiger partial charge is 0.328 e. The van der Waals surface area contributed by atoms with Gasteiger partial charge < -0.3 is 20.4 Å². The molecule has 2 saturated heterocycles. The number of imidazole rings is 2. The maximum atomic E-state index is 14.7. The third-order valence-corrected chi connectivity index (χ3v) is 13.6. The van der Waals surface area contributed by atoms with Crippen LogP contribution in [0.2, 0.25) is 0 Å². The minimum absolute atomic E-state index is 0.0422. The van der Waals surface area contributed by atoms with E-state index in [2.05, 4.69) is 49.0 Å². The van der Waals surface area contributed by atoms with Gasteiger partial charge in [-0.25, -0.2) is 29.9 Å². The zero-order valence-corrected chi connectivity index (χ0v) is 40.8. The van der Waals surface area contributed by atoms with Gasteiger partial charge in [-0.2, -0.15) is 26.3 Å². The van der Waals surface area contributed by atoms with Crippen LogP contribution in [-0.2, 0) is 21.9 Å². The van der Waals surface area contributed by atoms with Crippen LogP contribution < -0.4 is 10.6 Å². The molecule has 0 radical (unpaired) electrons. The van der Waals surface area contributed by atoms with Gasteiger partial charge in [-0.15, -0.1) is 0 Å². The Morgan fingerprint density at radius 3 is 1.74 bits per heavy atom. The molecule has 8 aromatic rings. The van der Waals surface area contributed by atoms with Crippen LogP contribution in [0.5, 0.6) is 0 Å². The molecule has 77 heavy (non-hydrogen) atoms. The first-order valence-corrected chi connectivity index (χ1v) is 24.3. The molecule has 2 fully saturated rings. The number of nitrogens with zero attached hydrogens (tertiary/aromatic N) is 10. The van der Waals surface area contributed by atoms with Gasteiger partial charge in [0, 0.05) is 78.4 Å². The Kier molecular flexibility index (Phi) is 13.8. The minimum atomic E-state index is -4.89. The molecule has 22 heteroatoms. The number of carbonyl (C=O) groups excluding carboxylic acids is 4. The van der Waals surface area contributed by atoms with Crippen LogP contribution >= 0.6 is 0 Å². The zero-order chi connectivity index (χ0) is 54.2. The number of aromatic nitrogens is 8. The molecule has 2 N–H and O–H groups in total. The van der Waals surface area contributed by atoms with E-state index in [9.17, 15) is 45.5 Å². The van der Waals surface area contributed by atoms with E-state index >= 15 is 0 Å². The SMILES string of the molecule is C=CC(=O)N1CC(c2ccnc(NC(=O)c3ccc(-c4nc([C@@H]5CCCCN5C(=O)C#CC)n5ccnc(C(F)(F)F)c45)cc3)c2)CC[C@H]1c1nc(-c2ccc(C(=O)Nc3ccccn3)cc2)c2c(C(F)(F)F)nccn12. The lowest BCUT2D eigenvalue weighted by molar-refractivity contribution is -0.140. The fourth-order valence-electron chi connectivity index (χ4n) is 10.0. The quantitative estimate of drug-likeness (QED) is 0.0759. The molecule has 16 nitrogen and oxygen atoms in total. The maximum Gasteiger partial charge on any atom is 0.435 e. The van der Waals surface area contributed by atoms with E-state index in [0.717, 1.165) is 18.5 Å². The fourth-order valence-corrected chi connectivity index (χ4v) is 10.0. The van der Waals surface area contributed by atoms with Crippen molar-refractivity contribution in [1.82, 2.24) is 48.5 Å². The highest BCUT2D eigenvalue weighted by Crippen LogP contribution is 2.43. The second-order valence-corrected chi connectivity index (χ2v) is 18.2. The molecule has 0 saturated carbocycles. The summed E-state index contributed by atoms with van der Waals surface area (Å²) in [6.45, 7) is 5.65. The molecule has 2 aliphatic rings. The highest BCUT2D eigenvalue weighted by molar-refractivity contribution is 6.05. The number of hydrogen-bond acceptors (Lipinski definition) is 10. The second-order valence-electron chi connectivity index (χ2n) is 18.2. The van der Waals surface area contributed by atoms with Gasteiger partial charge in [-0.05, 0) is 105 Å². The lowest BCUT2D eigenvalue weighted by Gasteiger charge is -2.39. The molecule has 1 unspecified atom stereocenters. The first-order valence-electron chi connectivity index (χ1n) is 24.3. The lowest BCUT2D eigenvalue weighted by atomic mass is 9.87. The van der Waals surface area contributed by atoms with Crippen LogP contribution in [0, 0.1) is 11.8 Å². The van der Waals surface area contributed by atoms with Crippen LogP contribution in [0.4, 0.5) is 38.0 Å². The average Bonchev–Trinajstić information content (AvgIpc) is 4.03. The number of nitrogens with one attached hydrogen (secondary N) is 2. The molecule has 3 atom stereocenters. The van der Waals surface area contributed by atoms with E-state index in [1.165, 1.54) is 98.8 Å². The number of alkyl halides is 6. The molecule has 2 aliphatic heterocycles. The highest BCUT2D eigenvalue weighted by atomic mass is 19.4. The Bertz CT molecular complexity index is 3660. The predicted molar refractivity (Wildman–Crippen MR) is 270 cm³/mol. The summed E-state index contributed by atoms with van der Waals surface area (Å²) in [7, 11) is 0. The van der Waals surface area contributed by atoms with Gasteiger partial charge in [0.15, 0.2) is 11.4 Å². The van der Waals surface area contributed by atoms with E-state index in [-0.39, 0.29) is 81.0 Å². The molecule has 0 spiro atoms. The third-order valence-electron chi connectivity index (χ3n) is 13.6. The van der Waals surface area contributed by atoms with Crippen molar-refractivity contribution in [1.29, 1.82) is 0 Å². The molecular formula is C55H44F6N12O4. The van der Waals surface area contributed by atoms with Gasteiger partial charge in [-0.3, -0.25) is 28.0 Å². The van der Waals surface area contributed by atoms with Crippen LogP contribution in [0.25, 0.3) is 33.5 Å². The second kappa shape index (κ2) is 20.8. The maximum absolute atomic E-state index is 14.7. The number of pyridine rings is 2. The number of likely N-dealkylation sites (tertiary alicyclic amines) is 2. The molecular weight excluding hydrogens is 1010 g/mol. The van der Waals surface area contributed by atoms with Gasteiger partial charge in [0.2, 0.25) is 5.91 Å². The predicted octanol–water partition coefficient (Wildman–Crippen LogP) is 10.1. The number of hydrogen-bond donors (Lipinski definition) is 2. The molecule has 390 valence electrons. The van der Waals surface area contributed by atoms with Crippen molar-refractivity contribution in [2.24, 2.45) is 0 Å². The third kappa shape index (κ3) is 10.2. The van der Waals surface area contributed by atoms with E-state index in [4.69, 9.17) is 9.97 Å². The van der Waals surface area contributed by atoms with E-state index in [1.54, 1.807) is 30.3 Å². The first kappa shape index (κ1) is 51.2. The number of amides is 4. The van der Waals surface area contributed by atoms with Gasteiger partial charge in [0.1, 0.15) is 34.3 Å². The van der Waals surface area contributed by atoms with Crippen molar-refractivity contribution < 1.29 is 45.5 Å². The summed E-state index contributed by atoms with van der Waals surface area (Å²) in [6.07, 6.45) is 1.68. The van der Waals surface area contributed by atoms with Crippen LogP contribution in [0.1, 0.15) is 106 Å². The van der Waals surface area contributed by atoms with Crippen molar-refractivity contribution in [2.45, 2.75) is 69.4 Å². The summed E-state index contributed by atoms with van der Waals surface area (Å²) < 4.78 is 90.4. The van der Waals surface area contributed by atoms with Gasteiger partial charge in [-0.1, -0.05) is 42.8 Å². The Morgan fingerprint density at radius 2 is 1.21 bits per heavy atom. The van der Waals surface area contributed by atoms with Gasteiger partial charge in [0.25, 0.3) is 17.7 Å². The lowest BCUT2D eigenvalue weighted by Crippen LogP contribution is -2.41. The Balaban J connectivity index is 0.896. The normalized spacial score (nSPS) is 16.9. The molecule has 2 aromatic carbocycles. The number of carbonyl (C=O) groups is 4. The molecule has 0 bridgehead atoms. The topological polar surface area (TPSA) is 185 Å². The number of halogens is 6. The Morgan fingerprint density at radius 1 is 0.649 bits per heavy atom. The standard InChI is InChI=1S/C55H44F6N12O4/c1-3-9-43(75)70-27-8-6-10-38(70)50-68-44(46-48(54(56,57)58)64-25-28-71(46)50)32-14-18-35(19-15-32)53(77)67-41-30-36(22-24-63-41)37-20-21-39(73(31-37)42(74)4-2)51-69-45(47-49(55(59,60)61)65-26-29-72(47)51)33-12-16-34(17-13-33)52(76)66-40-11-5-7-23-62-40/h4-5,7,11-19,22-26,28-30,37-39H,2,6,8,10,20-21,27,31H2,1H3,(H,62,66,76)(H,63,67,77)/t37?,38-,39-/m0/s1. The van der Waals surface area contributed by atoms with Crippen molar-refractivity contribution >= 4 is 46.3 Å². The van der Waals surface area contributed by atoms with E-state index in [0.29, 0.717) is 43.6 Å².